The van der Waals surface area contributed by atoms with Crippen LogP contribution in [0.3, 0.4) is 0 Å². The van der Waals surface area contributed by atoms with Gasteiger partial charge in [0.1, 0.15) is 23.6 Å². The molecule has 0 atom stereocenters. The summed E-state index contributed by atoms with van der Waals surface area (Å²) in [7, 11) is 0. The summed E-state index contributed by atoms with van der Waals surface area (Å²) in [5.41, 5.74) is 1.26. The van der Waals surface area contributed by atoms with Crippen LogP contribution in [0.15, 0.2) is 55.4 Å². The fourth-order valence-electron chi connectivity index (χ4n) is 2.63. The zero-order valence-corrected chi connectivity index (χ0v) is 14.6. The van der Waals surface area contributed by atoms with Gasteiger partial charge < -0.3 is 13.9 Å². The van der Waals surface area contributed by atoms with E-state index < -0.39 is 5.63 Å². The van der Waals surface area contributed by atoms with E-state index in [4.69, 9.17) is 8.83 Å². The second-order valence-electron chi connectivity index (χ2n) is 5.66. The first kappa shape index (κ1) is 16.4. The number of aromatic nitrogens is 4. The number of rotatable bonds is 5. The van der Waals surface area contributed by atoms with Crippen LogP contribution in [0.25, 0.3) is 11.0 Å². The molecule has 0 aliphatic heterocycles. The van der Waals surface area contributed by atoms with Crippen LogP contribution in [0.5, 0.6) is 5.75 Å². The summed E-state index contributed by atoms with van der Waals surface area (Å²) in [5.74, 6) is 1.31. The molecule has 0 unspecified atom stereocenters. The number of phenolic OH excluding ortho intramolecular Hbond substituents is 1. The second-order valence-corrected chi connectivity index (χ2v) is 6.61. The first-order valence-corrected chi connectivity index (χ1v) is 8.77. The molecule has 4 rings (SSSR count). The van der Waals surface area contributed by atoms with Gasteiger partial charge in [-0.3, -0.25) is 0 Å². The Morgan fingerprint density at radius 3 is 3.00 bits per heavy atom. The molecular formula is C17H14N4O4S. The number of aromatic hydroxyl groups is 1. The van der Waals surface area contributed by atoms with Gasteiger partial charge in [0.2, 0.25) is 5.16 Å². The van der Waals surface area contributed by atoms with Gasteiger partial charge in [-0.1, -0.05) is 11.8 Å². The highest BCUT2D eigenvalue weighted by molar-refractivity contribution is 7.98. The van der Waals surface area contributed by atoms with Crippen LogP contribution in [-0.4, -0.2) is 25.3 Å². The van der Waals surface area contributed by atoms with Crippen LogP contribution >= 0.6 is 11.8 Å². The molecule has 0 radical (unpaired) electrons. The molecule has 4 aromatic rings. The molecule has 3 aromatic heterocycles. The molecule has 3 heterocycles. The smallest absolute Gasteiger partial charge is 0.336 e. The molecule has 132 valence electrons. The van der Waals surface area contributed by atoms with E-state index in [-0.39, 0.29) is 5.75 Å². The number of nitrogens with zero attached hydrogens (tertiary/aromatic N) is 4. The van der Waals surface area contributed by atoms with Gasteiger partial charge in [0, 0.05) is 22.8 Å². The third kappa shape index (κ3) is 3.08. The minimum Gasteiger partial charge on any atom is -0.508 e. The molecule has 9 heteroatoms. The number of benzene rings is 1. The molecule has 0 bridgehead atoms. The molecule has 1 aromatic carbocycles. The maximum absolute atomic E-state index is 11.9. The SMILES string of the molecule is Cc1c(O)ccc2c(CSc3nnnn3Cc3ccco3)cc(=O)oc12. The van der Waals surface area contributed by atoms with Crippen molar-refractivity contribution in [2.45, 2.75) is 24.4 Å². The number of fused-ring (bicyclic) bond motifs is 1. The van der Waals surface area contributed by atoms with Crippen molar-refractivity contribution in [1.29, 1.82) is 0 Å². The van der Waals surface area contributed by atoms with Gasteiger partial charge in [0.05, 0.1) is 6.26 Å². The highest BCUT2D eigenvalue weighted by Crippen LogP contribution is 2.30. The van der Waals surface area contributed by atoms with Crippen LogP contribution in [0.2, 0.25) is 0 Å². The van der Waals surface area contributed by atoms with Crippen LogP contribution in [0, 0.1) is 6.92 Å². The lowest BCUT2D eigenvalue weighted by atomic mass is 10.1. The van der Waals surface area contributed by atoms with Gasteiger partial charge in [-0.2, -0.15) is 0 Å². The fourth-order valence-corrected chi connectivity index (χ4v) is 3.49. The lowest BCUT2D eigenvalue weighted by molar-refractivity contribution is 0.462. The Morgan fingerprint density at radius 1 is 1.31 bits per heavy atom. The van der Waals surface area contributed by atoms with Crippen LogP contribution in [-0.2, 0) is 12.3 Å². The van der Waals surface area contributed by atoms with E-state index in [9.17, 15) is 9.90 Å². The van der Waals surface area contributed by atoms with Crippen molar-refractivity contribution in [1.82, 2.24) is 20.2 Å². The quantitative estimate of drug-likeness (QED) is 0.422. The van der Waals surface area contributed by atoms with Gasteiger partial charge in [-0.25, -0.2) is 9.48 Å². The standard InChI is InChI=1S/C17H14N4O4S/c1-10-14(22)5-4-13-11(7-15(23)25-16(10)13)9-26-17-18-19-20-21(17)8-12-3-2-6-24-12/h2-7,22H,8-9H2,1H3. The van der Waals surface area contributed by atoms with E-state index >= 15 is 0 Å². The average molecular weight is 370 g/mol. The molecule has 1 N–H and O–H groups in total. The van der Waals surface area contributed by atoms with Gasteiger partial charge in [0.15, 0.2) is 0 Å². The van der Waals surface area contributed by atoms with Crippen LogP contribution < -0.4 is 5.63 Å². The average Bonchev–Trinajstić information content (AvgIpc) is 3.29. The van der Waals surface area contributed by atoms with E-state index in [0.717, 1.165) is 16.7 Å². The number of thioether (sulfide) groups is 1. The number of hydrogen-bond acceptors (Lipinski definition) is 8. The summed E-state index contributed by atoms with van der Waals surface area (Å²) in [4.78, 5) is 11.9. The van der Waals surface area contributed by atoms with Gasteiger partial charge >= 0.3 is 5.63 Å². The molecule has 8 nitrogen and oxygen atoms in total. The zero-order chi connectivity index (χ0) is 18.1. The van der Waals surface area contributed by atoms with Gasteiger partial charge in [-0.05, 0) is 47.2 Å². The summed E-state index contributed by atoms with van der Waals surface area (Å²) in [6.07, 6.45) is 1.60. The highest BCUT2D eigenvalue weighted by atomic mass is 32.2. The maximum Gasteiger partial charge on any atom is 0.336 e. The Kier molecular flexibility index (Phi) is 4.21. The van der Waals surface area contributed by atoms with E-state index in [1.165, 1.54) is 17.8 Å². The number of furan rings is 1. The number of aryl methyl sites for hydroxylation is 1. The Balaban J connectivity index is 1.62. The minimum absolute atomic E-state index is 0.0906. The third-order valence-corrected chi connectivity index (χ3v) is 4.97. The van der Waals surface area contributed by atoms with Crippen LogP contribution in [0.4, 0.5) is 0 Å². The van der Waals surface area contributed by atoms with E-state index in [0.29, 0.717) is 28.6 Å². The second kappa shape index (κ2) is 6.68. The summed E-state index contributed by atoms with van der Waals surface area (Å²) in [5, 5.41) is 22.9. The topological polar surface area (TPSA) is 107 Å². The minimum atomic E-state index is -0.461. The first-order chi connectivity index (χ1) is 12.6. The fraction of sp³-hybridized carbons (Fsp3) is 0.176. The molecule has 0 amide bonds. The predicted octanol–water partition coefficient (Wildman–Crippen LogP) is 2.73. The molecule has 26 heavy (non-hydrogen) atoms. The van der Waals surface area contributed by atoms with E-state index in [1.807, 2.05) is 6.07 Å². The van der Waals surface area contributed by atoms with Gasteiger partial charge in [0.25, 0.3) is 0 Å². The Labute approximate surface area is 151 Å². The molecule has 0 spiro atoms. The molecule has 0 saturated carbocycles. The summed E-state index contributed by atoms with van der Waals surface area (Å²) >= 11 is 1.40. The van der Waals surface area contributed by atoms with Crippen molar-refractivity contribution in [2.75, 3.05) is 0 Å². The van der Waals surface area contributed by atoms with Crippen molar-refractivity contribution >= 4 is 22.7 Å². The Bertz CT molecular complexity index is 1120. The number of phenols is 1. The summed E-state index contributed by atoms with van der Waals surface area (Å²) < 4.78 is 12.2. The maximum atomic E-state index is 11.9. The Hall–Kier alpha value is -3.07. The third-order valence-electron chi connectivity index (χ3n) is 3.96. The molecule has 0 aliphatic rings. The summed E-state index contributed by atoms with van der Waals surface area (Å²) in [6, 6.07) is 8.43. The lowest BCUT2D eigenvalue weighted by Gasteiger charge is -2.08. The molecule has 0 fully saturated rings. The van der Waals surface area contributed by atoms with Crippen molar-refractivity contribution in [3.8, 4) is 5.75 Å². The lowest BCUT2D eigenvalue weighted by Crippen LogP contribution is -2.04. The molecular weight excluding hydrogens is 356 g/mol. The van der Waals surface area contributed by atoms with Crippen molar-refractivity contribution < 1.29 is 13.9 Å². The monoisotopic (exact) mass is 370 g/mol. The largest absolute Gasteiger partial charge is 0.508 e. The van der Waals surface area contributed by atoms with Crippen molar-refractivity contribution in [2.24, 2.45) is 0 Å². The normalized spacial score (nSPS) is 11.3. The Morgan fingerprint density at radius 2 is 2.19 bits per heavy atom. The van der Waals surface area contributed by atoms with Crippen LogP contribution in [0.1, 0.15) is 16.9 Å². The van der Waals surface area contributed by atoms with Gasteiger partial charge in [-0.15, -0.1) is 5.10 Å². The predicted molar refractivity (Wildman–Crippen MR) is 94.1 cm³/mol. The van der Waals surface area contributed by atoms with E-state index in [2.05, 4.69) is 15.5 Å². The van der Waals surface area contributed by atoms with Crippen molar-refractivity contribution in [3.05, 3.63) is 63.9 Å². The summed E-state index contributed by atoms with van der Waals surface area (Å²) in [6.45, 7) is 2.13. The first-order valence-electron chi connectivity index (χ1n) is 7.78. The number of hydrogen-bond donors (Lipinski definition) is 1. The molecule has 0 saturated heterocycles. The molecule has 0 aliphatic carbocycles. The van der Waals surface area contributed by atoms with E-state index in [1.54, 1.807) is 36.1 Å². The van der Waals surface area contributed by atoms with Crippen molar-refractivity contribution in [3.63, 3.8) is 0 Å². The zero-order valence-electron chi connectivity index (χ0n) is 13.7. The highest BCUT2D eigenvalue weighted by Gasteiger charge is 2.14. The number of tetrazole rings is 1.